The van der Waals surface area contributed by atoms with Gasteiger partial charge in [-0.15, -0.1) is 0 Å². The molecule has 2 aliphatic heterocycles. The third-order valence-corrected chi connectivity index (χ3v) is 4.81. The maximum Gasteiger partial charge on any atom is 0.317 e. The van der Waals surface area contributed by atoms with Crippen LogP contribution in [0.4, 0.5) is 4.79 Å². The monoisotopic (exact) mass is 333 g/mol. The topological polar surface area (TPSA) is 70.5 Å². The van der Waals surface area contributed by atoms with Gasteiger partial charge in [0, 0.05) is 32.6 Å². The minimum atomic E-state index is 0.00120. The number of hydrogen-bond donors (Lipinski definition) is 1. The molecule has 7 nitrogen and oxygen atoms in total. The lowest BCUT2D eigenvalue weighted by Gasteiger charge is -2.22. The van der Waals surface area contributed by atoms with Gasteiger partial charge in [0.15, 0.2) is 0 Å². The number of nitrogens with one attached hydrogen (secondary N) is 1. The standard InChI is InChI=1S/C17H27N5O2/c1-2-3-7-18-17(24)21-9-5-10-22-13-19-14(15(22)12-21)11-20-8-4-6-16(20)23/h13H,2-12H2,1H3,(H,18,24). The van der Waals surface area contributed by atoms with Gasteiger partial charge in [0.25, 0.3) is 0 Å². The Balaban J connectivity index is 1.68. The lowest BCUT2D eigenvalue weighted by molar-refractivity contribution is -0.128. The number of amides is 3. The van der Waals surface area contributed by atoms with Crippen molar-refractivity contribution in [2.45, 2.75) is 58.7 Å². The van der Waals surface area contributed by atoms with Gasteiger partial charge in [-0.05, 0) is 19.3 Å². The molecular weight excluding hydrogens is 306 g/mol. The van der Waals surface area contributed by atoms with E-state index in [0.717, 1.165) is 63.3 Å². The molecule has 0 atom stereocenters. The fraction of sp³-hybridized carbons (Fsp3) is 0.706. The van der Waals surface area contributed by atoms with Crippen LogP contribution in [-0.2, 0) is 24.4 Å². The zero-order chi connectivity index (χ0) is 16.9. The highest BCUT2D eigenvalue weighted by atomic mass is 16.2. The van der Waals surface area contributed by atoms with E-state index < -0.39 is 0 Å². The Morgan fingerprint density at radius 3 is 2.92 bits per heavy atom. The van der Waals surface area contributed by atoms with Crippen LogP contribution in [0.1, 0.15) is 50.4 Å². The predicted molar refractivity (Wildman–Crippen MR) is 90.2 cm³/mol. The summed E-state index contributed by atoms with van der Waals surface area (Å²) in [5.41, 5.74) is 2.00. The van der Waals surface area contributed by atoms with E-state index >= 15 is 0 Å². The summed E-state index contributed by atoms with van der Waals surface area (Å²) in [7, 11) is 0. The Hall–Kier alpha value is -2.05. The molecule has 0 bridgehead atoms. The molecule has 0 radical (unpaired) electrons. The van der Waals surface area contributed by atoms with Gasteiger partial charge in [-0.2, -0.15) is 0 Å². The number of likely N-dealkylation sites (tertiary alicyclic amines) is 1. The lowest BCUT2D eigenvalue weighted by atomic mass is 10.3. The molecular formula is C17H27N5O2. The number of carbonyl (C=O) groups is 2. The quantitative estimate of drug-likeness (QED) is 0.834. The van der Waals surface area contributed by atoms with E-state index in [4.69, 9.17) is 0 Å². The van der Waals surface area contributed by atoms with Crippen LogP contribution in [0, 0.1) is 0 Å². The molecule has 1 saturated heterocycles. The summed E-state index contributed by atoms with van der Waals surface area (Å²) >= 11 is 0. The summed E-state index contributed by atoms with van der Waals surface area (Å²) in [6.45, 7) is 6.40. The summed E-state index contributed by atoms with van der Waals surface area (Å²) in [4.78, 5) is 32.5. The summed E-state index contributed by atoms with van der Waals surface area (Å²) in [6.07, 6.45) is 6.42. The Bertz CT molecular complexity index is 598. The number of hydrogen-bond acceptors (Lipinski definition) is 3. The number of nitrogens with zero attached hydrogens (tertiary/aromatic N) is 4. The predicted octanol–water partition coefficient (Wildman–Crippen LogP) is 1.72. The molecule has 0 aromatic carbocycles. The highest BCUT2D eigenvalue weighted by molar-refractivity contribution is 5.78. The van der Waals surface area contributed by atoms with Crippen molar-refractivity contribution in [1.29, 1.82) is 0 Å². The van der Waals surface area contributed by atoms with Gasteiger partial charge in [0.05, 0.1) is 30.8 Å². The smallest absolute Gasteiger partial charge is 0.317 e. The zero-order valence-electron chi connectivity index (χ0n) is 14.5. The van der Waals surface area contributed by atoms with E-state index in [2.05, 4.69) is 21.8 Å². The average Bonchev–Trinajstić information content (AvgIpc) is 3.07. The number of aryl methyl sites for hydroxylation is 1. The fourth-order valence-electron chi connectivity index (χ4n) is 3.36. The lowest BCUT2D eigenvalue weighted by Crippen LogP contribution is -2.40. The van der Waals surface area contributed by atoms with Crippen LogP contribution in [0.25, 0.3) is 0 Å². The molecule has 1 N–H and O–H groups in total. The maximum atomic E-state index is 12.4. The number of rotatable bonds is 5. The van der Waals surface area contributed by atoms with Gasteiger partial charge >= 0.3 is 6.03 Å². The highest BCUT2D eigenvalue weighted by Gasteiger charge is 2.26. The van der Waals surface area contributed by atoms with Crippen molar-refractivity contribution in [2.24, 2.45) is 0 Å². The van der Waals surface area contributed by atoms with Gasteiger partial charge in [0.1, 0.15) is 0 Å². The molecule has 2 aliphatic rings. The molecule has 24 heavy (non-hydrogen) atoms. The second-order valence-electron chi connectivity index (χ2n) is 6.61. The molecule has 0 spiro atoms. The molecule has 1 aromatic heterocycles. The number of unbranched alkanes of at least 4 members (excludes halogenated alkanes) is 1. The van der Waals surface area contributed by atoms with E-state index in [0.29, 0.717) is 19.5 Å². The summed E-state index contributed by atoms with van der Waals surface area (Å²) in [6, 6.07) is 0.00120. The first-order valence-electron chi connectivity index (χ1n) is 9.02. The second-order valence-corrected chi connectivity index (χ2v) is 6.61. The average molecular weight is 333 g/mol. The van der Waals surface area contributed by atoms with Gasteiger partial charge in [-0.25, -0.2) is 9.78 Å². The number of urea groups is 1. The van der Waals surface area contributed by atoms with Gasteiger partial charge in [-0.3, -0.25) is 4.79 Å². The Morgan fingerprint density at radius 2 is 2.17 bits per heavy atom. The van der Waals surface area contributed by atoms with Crippen molar-refractivity contribution >= 4 is 11.9 Å². The van der Waals surface area contributed by atoms with Crippen LogP contribution in [0.5, 0.6) is 0 Å². The van der Waals surface area contributed by atoms with Gasteiger partial charge in [-0.1, -0.05) is 13.3 Å². The number of carbonyl (C=O) groups excluding carboxylic acids is 2. The summed E-state index contributed by atoms with van der Waals surface area (Å²) in [5.74, 6) is 0.208. The molecule has 3 heterocycles. The molecule has 1 aromatic rings. The first-order chi connectivity index (χ1) is 11.7. The molecule has 0 aliphatic carbocycles. The number of aromatic nitrogens is 2. The molecule has 3 amide bonds. The van der Waals surface area contributed by atoms with Gasteiger partial charge in [0.2, 0.25) is 5.91 Å². The first kappa shape index (κ1) is 16.8. The zero-order valence-corrected chi connectivity index (χ0v) is 14.5. The van der Waals surface area contributed by atoms with E-state index in [1.54, 1.807) is 0 Å². The van der Waals surface area contributed by atoms with Crippen LogP contribution < -0.4 is 5.32 Å². The third-order valence-electron chi connectivity index (χ3n) is 4.81. The second kappa shape index (κ2) is 7.68. The first-order valence-corrected chi connectivity index (χ1v) is 9.02. The van der Waals surface area contributed by atoms with Crippen molar-refractivity contribution < 1.29 is 9.59 Å². The van der Waals surface area contributed by atoms with Crippen LogP contribution in [0.15, 0.2) is 6.33 Å². The van der Waals surface area contributed by atoms with E-state index in [1.165, 1.54) is 0 Å². The highest BCUT2D eigenvalue weighted by Crippen LogP contribution is 2.20. The Kier molecular flexibility index (Phi) is 5.37. The minimum Gasteiger partial charge on any atom is -0.338 e. The molecule has 3 rings (SSSR count). The van der Waals surface area contributed by atoms with E-state index in [-0.39, 0.29) is 11.9 Å². The van der Waals surface area contributed by atoms with Crippen LogP contribution >= 0.6 is 0 Å². The van der Waals surface area contributed by atoms with Crippen molar-refractivity contribution in [3.8, 4) is 0 Å². The number of imidazole rings is 1. The number of fused-ring (bicyclic) bond motifs is 1. The SMILES string of the molecule is CCCCNC(=O)N1CCCn2cnc(CN3CCCC3=O)c2C1. The molecule has 0 saturated carbocycles. The minimum absolute atomic E-state index is 0.00120. The van der Waals surface area contributed by atoms with Crippen molar-refractivity contribution in [3.63, 3.8) is 0 Å². The van der Waals surface area contributed by atoms with Crippen molar-refractivity contribution in [3.05, 3.63) is 17.7 Å². The normalized spacial score (nSPS) is 17.8. The molecule has 132 valence electrons. The van der Waals surface area contributed by atoms with Crippen LogP contribution in [0.3, 0.4) is 0 Å². The molecule has 1 fully saturated rings. The molecule has 0 unspecified atom stereocenters. The third kappa shape index (κ3) is 3.71. The summed E-state index contributed by atoms with van der Waals surface area (Å²) in [5, 5.41) is 3.00. The largest absolute Gasteiger partial charge is 0.338 e. The van der Waals surface area contributed by atoms with Gasteiger partial charge < -0.3 is 19.7 Å². The maximum absolute atomic E-state index is 12.4. The van der Waals surface area contributed by atoms with Crippen LogP contribution in [0.2, 0.25) is 0 Å². The van der Waals surface area contributed by atoms with E-state index in [9.17, 15) is 9.59 Å². The van der Waals surface area contributed by atoms with E-state index in [1.807, 2.05) is 16.1 Å². The van der Waals surface area contributed by atoms with Crippen molar-refractivity contribution in [1.82, 2.24) is 24.7 Å². The van der Waals surface area contributed by atoms with Crippen molar-refractivity contribution in [2.75, 3.05) is 19.6 Å². The molecule has 7 heteroatoms. The summed E-state index contributed by atoms with van der Waals surface area (Å²) < 4.78 is 2.13. The fourth-order valence-corrected chi connectivity index (χ4v) is 3.36. The van der Waals surface area contributed by atoms with Crippen LogP contribution in [-0.4, -0.2) is 50.9 Å². The Labute approximate surface area is 143 Å². The Morgan fingerprint density at radius 1 is 1.29 bits per heavy atom.